The Morgan fingerprint density at radius 1 is 1.50 bits per heavy atom. The SMILES string of the molecule is O=c1[nH]c(=O)n(F)cc1F. The molecule has 1 aromatic heterocycles. The summed E-state index contributed by atoms with van der Waals surface area (Å²) < 4.78 is 24.0. The number of nitrogens with one attached hydrogen (secondary N) is 1. The van der Waals surface area contributed by atoms with Crippen LogP contribution < -0.4 is 11.2 Å². The van der Waals surface area contributed by atoms with E-state index in [0.717, 1.165) is 0 Å². The van der Waals surface area contributed by atoms with Gasteiger partial charge in [-0.1, -0.05) is 4.48 Å². The van der Waals surface area contributed by atoms with Gasteiger partial charge in [-0.25, -0.2) is 4.79 Å². The van der Waals surface area contributed by atoms with Gasteiger partial charge in [0.05, 0.1) is 6.20 Å². The first kappa shape index (κ1) is 6.66. The third-order valence-corrected chi connectivity index (χ3v) is 0.858. The van der Waals surface area contributed by atoms with Crippen LogP contribution in [0.5, 0.6) is 0 Å². The topological polar surface area (TPSA) is 54.9 Å². The predicted octanol–water partition coefficient (Wildman–Crippen LogP) is -0.592. The molecule has 0 aromatic carbocycles. The van der Waals surface area contributed by atoms with E-state index in [1.807, 2.05) is 0 Å². The molecule has 0 fully saturated rings. The highest BCUT2D eigenvalue weighted by atomic mass is 19.2. The van der Waals surface area contributed by atoms with Crippen molar-refractivity contribution in [3.8, 4) is 0 Å². The fourth-order valence-electron chi connectivity index (χ4n) is 0.427. The van der Waals surface area contributed by atoms with E-state index in [1.165, 1.54) is 4.98 Å². The van der Waals surface area contributed by atoms with Crippen LogP contribution in [0.2, 0.25) is 0 Å². The number of rotatable bonds is 0. The molecule has 0 unspecified atom stereocenters. The molecule has 0 aliphatic carbocycles. The van der Waals surface area contributed by atoms with Crippen LogP contribution >= 0.6 is 0 Å². The second-order valence-corrected chi connectivity index (χ2v) is 1.55. The molecule has 1 rings (SSSR count). The molecule has 0 aliphatic rings. The normalized spacial score (nSPS) is 9.80. The molecule has 0 bridgehead atoms. The van der Waals surface area contributed by atoms with Crippen molar-refractivity contribution in [3.05, 3.63) is 32.9 Å². The van der Waals surface area contributed by atoms with Crippen LogP contribution in [0, 0.1) is 5.82 Å². The zero-order chi connectivity index (χ0) is 7.72. The lowest BCUT2D eigenvalue weighted by molar-refractivity contribution is 0.331. The number of halogens is 2. The monoisotopic (exact) mass is 148 g/mol. The largest absolute Gasteiger partial charge is 0.356 e. The van der Waals surface area contributed by atoms with Crippen LogP contribution in [0.25, 0.3) is 0 Å². The molecule has 0 saturated carbocycles. The van der Waals surface area contributed by atoms with Crippen molar-refractivity contribution in [3.63, 3.8) is 0 Å². The number of aromatic amines is 1. The van der Waals surface area contributed by atoms with Gasteiger partial charge in [-0.2, -0.15) is 4.39 Å². The second kappa shape index (κ2) is 2.05. The fourth-order valence-corrected chi connectivity index (χ4v) is 0.427. The van der Waals surface area contributed by atoms with Crippen molar-refractivity contribution in [2.24, 2.45) is 0 Å². The maximum absolute atomic E-state index is 12.0. The Labute approximate surface area is 52.7 Å². The molecule has 1 heterocycles. The van der Waals surface area contributed by atoms with Crippen molar-refractivity contribution in [2.75, 3.05) is 0 Å². The first-order valence-corrected chi connectivity index (χ1v) is 2.29. The minimum absolute atomic E-state index is 0.168. The highest BCUT2D eigenvalue weighted by molar-refractivity contribution is 4.84. The molecular formula is C4H2F2N2O2. The van der Waals surface area contributed by atoms with Crippen molar-refractivity contribution in [1.82, 2.24) is 9.77 Å². The van der Waals surface area contributed by atoms with Gasteiger partial charge >= 0.3 is 5.69 Å². The zero-order valence-corrected chi connectivity index (χ0v) is 4.60. The zero-order valence-electron chi connectivity index (χ0n) is 4.60. The van der Waals surface area contributed by atoms with Crippen molar-refractivity contribution >= 4 is 0 Å². The Hall–Kier alpha value is -1.46. The van der Waals surface area contributed by atoms with E-state index >= 15 is 0 Å². The highest BCUT2D eigenvalue weighted by Crippen LogP contribution is 1.80. The molecule has 0 spiro atoms. The van der Waals surface area contributed by atoms with Crippen LogP contribution in [-0.4, -0.2) is 9.77 Å². The van der Waals surface area contributed by atoms with Crippen LogP contribution in [0.3, 0.4) is 0 Å². The van der Waals surface area contributed by atoms with Gasteiger partial charge in [0, 0.05) is 0 Å². The fraction of sp³-hybridized carbons (Fsp3) is 0. The van der Waals surface area contributed by atoms with Gasteiger partial charge < -0.3 is 0 Å². The molecular weight excluding hydrogens is 146 g/mol. The predicted molar refractivity (Wildman–Crippen MR) is 27.8 cm³/mol. The Morgan fingerprint density at radius 2 is 2.10 bits per heavy atom. The summed E-state index contributed by atoms with van der Waals surface area (Å²) in [6.07, 6.45) is 0.168. The Bertz CT molecular complexity index is 322. The van der Waals surface area contributed by atoms with E-state index < -0.39 is 21.9 Å². The Kier molecular flexibility index (Phi) is 1.37. The maximum atomic E-state index is 12.0. The average Bonchev–Trinajstić information content (AvgIpc) is 1.84. The first-order chi connectivity index (χ1) is 4.61. The van der Waals surface area contributed by atoms with Gasteiger partial charge in [-0.15, -0.1) is 4.79 Å². The molecule has 0 saturated heterocycles. The van der Waals surface area contributed by atoms with E-state index in [4.69, 9.17) is 0 Å². The van der Waals surface area contributed by atoms with E-state index in [0.29, 0.717) is 0 Å². The number of nitrogens with zero attached hydrogens (tertiary/aromatic N) is 1. The quantitative estimate of drug-likeness (QED) is 0.534. The molecule has 0 aliphatic heterocycles. The lowest BCUT2D eigenvalue weighted by Gasteiger charge is -1.87. The Balaban J connectivity index is 3.59. The molecule has 6 heteroatoms. The van der Waals surface area contributed by atoms with Crippen LogP contribution in [0.1, 0.15) is 0 Å². The first-order valence-electron chi connectivity index (χ1n) is 2.29. The minimum atomic E-state index is -1.33. The van der Waals surface area contributed by atoms with Gasteiger partial charge in [-0.05, 0) is 0 Å². The van der Waals surface area contributed by atoms with Gasteiger partial charge in [0.2, 0.25) is 5.82 Å². The summed E-state index contributed by atoms with van der Waals surface area (Å²) in [6.45, 7) is 0. The summed E-state index contributed by atoms with van der Waals surface area (Å²) in [7, 11) is 0. The van der Waals surface area contributed by atoms with Crippen LogP contribution in [-0.2, 0) is 0 Å². The standard InChI is InChI=1S/C4H2F2N2O2/c5-2-1-8(6)4(10)7-3(2)9/h1H,(H,7,9,10). The lowest BCUT2D eigenvalue weighted by atomic mass is 10.6. The maximum Gasteiger partial charge on any atom is 0.356 e. The Morgan fingerprint density at radius 3 is 2.60 bits per heavy atom. The van der Waals surface area contributed by atoms with Crippen LogP contribution in [0.4, 0.5) is 8.87 Å². The van der Waals surface area contributed by atoms with E-state index in [1.54, 1.807) is 0 Å². The van der Waals surface area contributed by atoms with E-state index in [-0.39, 0.29) is 6.20 Å². The van der Waals surface area contributed by atoms with Crippen molar-refractivity contribution < 1.29 is 8.87 Å². The number of H-pyrrole nitrogens is 1. The highest BCUT2D eigenvalue weighted by Gasteiger charge is 2.00. The van der Waals surface area contributed by atoms with Crippen molar-refractivity contribution in [1.29, 1.82) is 0 Å². The summed E-state index contributed by atoms with van der Waals surface area (Å²) in [5.74, 6) is -1.33. The van der Waals surface area contributed by atoms with Gasteiger partial charge in [-0.3, -0.25) is 9.78 Å². The molecule has 0 radical (unpaired) electrons. The van der Waals surface area contributed by atoms with Gasteiger partial charge in [0.1, 0.15) is 0 Å². The summed E-state index contributed by atoms with van der Waals surface area (Å²) >= 11 is 0. The van der Waals surface area contributed by atoms with Crippen molar-refractivity contribution in [2.45, 2.75) is 0 Å². The summed E-state index contributed by atoms with van der Waals surface area (Å²) in [5, 5.41) is 0. The summed E-state index contributed by atoms with van der Waals surface area (Å²) in [4.78, 5) is 21.2. The minimum Gasteiger partial charge on any atom is -0.269 e. The summed E-state index contributed by atoms with van der Waals surface area (Å²) in [6, 6.07) is 0. The number of aromatic nitrogens is 2. The molecule has 0 atom stereocenters. The number of hydrogen-bond acceptors (Lipinski definition) is 2. The van der Waals surface area contributed by atoms with Gasteiger partial charge in [0.15, 0.2) is 0 Å². The smallest absolute Gasteiger partial charge is 0.269 e. The molecule has 1 N–H and O–H groups in total. The molecule has 0 amide bonds. The lowest BCUT2D eigenvalue weighted by Crippen LogP contribution is -2.27. The molecule has 54 valence electrons. The van der Waals surface area contributed by atoms with E-state index in [9.17, 15) is 18.5 Å². The van der Waals surface area contributed by atoms with E-state index in [2.05, 4.69) is 0 Å². The molecule has 10 heavy (non-hydrogen) atoms. The molecule has 1 aromatic rings. The third kappa shape index (κ3) is 0.949. The van der Waals surface area contributed by atoms with Gasteiger partial charge in [0.25, 0.3) is 5.56 Å². The molecule has 4 nitrogen and oxygen atoms in total. The average molecular weight is 148 g/mol. The summed E-state index contributed by atoms with van der Waals surface area (Å²) in [5.41, 5.74) is -2.51. The second-order valence-electron chi connectivity index (χ2n) is 1.55. The van der Waals surface area contributed by atoms with Crippen LogP contribution in [0.15, 0.2) is 15.8 Å². The number of hydrogen-bond donors (Lipinski definition) is 1. The third-order valence-electron chi connectivity index (χ3n) is 0.858.